The Morgan fingerprint density at radius 3 is 2.71 bits per heavy atom. The second-order valence-electron chi connectivity index (χ2n) is 4.22. The molecule has 14 heavy (non-hydrogen) atoms. The third-order valence-electron chi connectivity index (χ3n) is 3.09. The molecule has 1 aromatic rings. The third kappa shape index (κ3) is 1.41. The van der Waals surface area contributed by atoms with E-state index >= 15 is 0 Å². The molecule has 1 aromatic heterocycles. The maximum atomic E-state index is 10.7. The van der Waals surface area contributed by atoms with Crippen molar-refractivity contribution in [3.05, 3.63) is 17.7 Å². The van der Waals surface area contributed by atoms with Crippen LogP contribution < -0.4 is 0 Å². The summed E-state index contributed by atoms with van der Waals surface area (Å²) in [5.41, 5.74) is 0.251. The van der Waals surface area contributed by atoms with E-state index in [2.05, 4.69) is 16.9 Å². The van der Waals surface area contributed by atoms with Crippen LogP contribution in [0.4, 0.5) is 0 Å². The minimum atomic E-state index is -0.939. The first-order valence-electron chi connectivity index (χ1n) is 4.91. The summed E-state index contributed by atoms with van der Waals surface area (Å²) >= 11 is 0. The molecular weight excluding hydrogens is 180 g/mol. The Labute approximate surface area is 82.4 Å². The zero-order chi connectivity index (χ0) is 10.2. The molecule has 1 aliphatic carbocycles. The molecule has 0 spiro atoms. The minimum absolute atomic E-state index is 0.0632. The number of hydrogen-bond acceptors (Lipinski definition) is 2. The number of carboxylic acids is 1. The Hall–Kier alpha value is -1.32. The molecule has 0 radical (unpaired) electrons. The normalized spacial score (nSPS) is 19.8. The molecule has 0 bridgehead atoms. The lowest BCUT2D eigenvalue weighted by Gasteiger charge is -2.19. The van der Waals surface area contributed by atoms with Crippen LogP contribution in [0.3, 0.4) is 0 Å². The molecule has 2 rings (SSSR count). The van der Waals surface area contributed by atoms with Crippen LogP contribution >= 0.6 is 0 Å². The highest BCUT2D eigenvalue weighted by atomic mass is 16.4. The Morgan fingerprint density at radius 1 is 1.57 bits per heavy atom. The van der Waals surface area contributed by atoms with Crippen LogP contribution in [0.25, 0.3) is 0 Å². The summed E-state index contributed by atoms with van der Waals surface area (Å²) in [5, 5.41) is 8.75. The van der Waals surface area contributed by atoms with Crippen molar-refractivity contribution in [3.8, 4) is 0 Å². The van der Waals surface area contributed by atoms with E-state index in [0.29, 0.717) is 0 Å². The summed E-state index contributed by atoms with van der Waals surface area (Å²) in [6.45, 7) is 2.14. The molecule has 1 fully saturated rings. The number of nitrogens with zero attached hydrogens (tertiary/aromatic N) is 1. The van der Waals surface area contributed by atoms with Crippen LogP contribution in [0.5, 0.6) is 0 Å². The van der Waals surface area contributed by atoms with Crippen molar-refractivity contribution in [1.82, 2.24) is 9.97 Å². The van der Waals surface area contributed by atoms with Gasteiger partial charge in [0.2, 0.25) is 0 Å². The van der Waals surface area contributed by atoms with Gasteiger partial charge < -0.3 is 10.1 Å². The molecule has 0 aromatic carbocycles. The van der Waals surface area contributed by atoms with E-state index in [4.69, 9.17) is 5.11 Å². The SMILES string of the molecule is CC1(c2ncc(C(=O)O)[nH]2)CCCC1. The van der Waals surface area contributed by atoms with Gasteiger partial charge >= 0.3 is 5.97 Å². The Balaban J connectivity index is 2.28. The number of aromatic nitrogens is 2. The van der Waals surface area contributed by atoms with Crippen molar-refractivity contribution in [1.29, 1.82) is 0 Å². The van der Waals surface area contributed by atoms with Crippen molar-refractivity contribution in [2.24, 2.45) is 0 Å². The second-order valence-corrected chi connectivity index (χ2v) is 4.22. The van der Waals surface area contributed by atoms with E-state index in [1.807, 2.05) is 0 Å². The van der Waals surface area contributed by atoms with Gasteiger partial charge in [-0.1, -0.05) is 19.8 Å². The van der Waals surface area contributed by atoms with Gasteiger partial charge in [0.15, 0.2) is 0 Å². The number of carboxylic acid groups (broad SMARTS) is 1. The van der Waals surface area contributed by atoms with E-state index in [1.54, 1.807) is 0 Å². The van der Waals surface area contributed by atoms with Crippen molar-refractivity contribution in [2.75, 3.05) is 0 Å². The molecule has 4 nitrogen and oxygen atoms in total. The fourth-order valence-electron chi connectivity index (χ4n) is 2.13. The van der Waals surface area contributed by atoms with Crippen molar-refractivity contribution >= 4 is 5.97 Å². The molecule has 0 saturated heterocycles. The van der Waals surface area contributed by atoms with Crippen LogP contribution in [0.1, 0.15) is 48.9 Å². The molecule has 1 aliphatic rings. The van der Waals surface area contributed by atoms with E-state index in [1.165, 1.54) is 19.0 Å². The van der Waals surface area contributed by atoms with Gasteiger partial charge in [-0.25, -0.2) is 9.78 Å². The predicted molar refractivity (Wildman–Crippen MR) is 51.4 cm³/mol. The van der Waals surface area contributed by atoms with Gasteiger partial charge in [-0.05, 0) is 12.8 Å². The van der Waals surface area contributed by atoms with Gasteiger partial charge in [0.25, 0.3) is 0 Å². The molecule has 0 atom stereocenters. The first kappa shape index (κ1) is 9.24. The number of imidazole rings is 1. The van der Waals surface area contributed by atoms with Gasteiger partial charge in [-0.15, -0.1) is 0 Å². The minimum Gasteiger partial charge on any atom is -0.477 e. The zero-order valence-corrected chi connectivity index (χ0v) is 8.21. The third-order valence-corrected chi connectivity index (χ3v) is 3.09. The smallest absolute Gasteiger partial charge is 0.353 e. The predicted octanol–water partition coefficient (Wildman–Crippen LogP) is 1.94. The van der Waals surface area contributed by atoms with Gasteiger partial charge in [0, 0.05) is 5.41 Å². The Bertz CT molecular complexity index is 351. The number of hydrogen-bond donors (Lipinski definition) is 2. The van der Waals surface area contributed by atoms with Gasteiger partial charge in [-0.2, -0.15) is 0 Å². The van der Waals surface area contributed by atoms with Crippen molar-refractivity contribution in [3.63, 3.8) is 0 Å². The lowest BCUT2D eigenvalue weighted by atomic mass is 9.88. The summed E-state index contributed by atoms with van der Waals surface area (Å²) in [6.07, 6.45) is 6.01. The quantitative estimate of drug-likeness (QED) is 0.756. The number of H-pyrrole nitrogens is 1. The highest BCUT2D eigenvalue weighted by Gasteiger charge is 2.33. The number of rotatable bonds is 2. The highest BCUT2D eigenvalue weighted by Crippen LogP contribution is 2.38. The van der Waals surface area contributed by atoms with Gasteiger partial charge in [-0.3, -0.25) is 0 Å². The average Bonchev–Trinajstić information content (AvgIpc) is 2.71. The monoisotopic (exact) mass is 194 g/mol. The van der Waals surface area contributed by atoms with E-state index in [9.17, 15) is 4.79 Å². The molecule has 76 valence electrons. The fraction of sp³-hybridized carbons (Fsp3) is 0.600. The maximum absolute atomic E-state index is 10.7. The molecule has 0 aliphatic heterocycles. The summed E-state index contributed by atoms with van der Waals surface area (Å²) in [7, 11) is 0. The molecule has 0 amide bonds. The van der Waals surface area contributed by atoms with Crippen LogP contribution in [0.15, 0.2) is 6.20 Å². The standard InChI is InChI=1S/C10H14N2O2/c1-10(4-2-3-5-10)9-11-6-7(12-9)8(13)14/h6H,2-5H2,1H3,(H,11,12)(H,13,14). The Kier molecular flexibility index (Phi) is 2.06. The molecule has 0 unspecified atom stereocenters. The summed E-state index contributed by atoms with van der Waals surface area (Å²) in [4.78, 5) is 17.7. The molecule has 4 heteroatoms. The van der Waals surface area contributed by atoms with E-state index < -0.39 is 5.97 Å². The van der Waals surface area contributed by atoms with Crippen LogP contribution in [0, 0.1) is 0 Å². The first-order valence-corrected chi connectivity index (χ1v) is 4.91. The largest absolute Gasteiger partial charge is 0.477 e. The average molecular weight is 194 g/mol. The van der Waals surface area contributed by atoms with E-state index in [-0.39, 0.29) is 11.1 Å². The van der Waals surface area contributed by atoms with E-state index in [0.717, 1.165) is 18.7 Å². The fourth-order valence-corrected chi connectivity index (χ4v) is 2.13. The lowest BCUT2D eigenvalue weighted by molar-refractivity contribution is 0.0691. The van der Waals surface area contributed by atoms with Crippen molar-refractivity contribution < 1.29 is 9.90 Å². The maximum Gasteiger partial charge on any atom is 0.353 e. The summed E-state index contributed by atoms with van der Waals surface area (Å²) < 4.78 is 0. The number of aromatic amines is 1. The first-order chi connectivity index (χ1) is 6.62. The topological polar surface area (TPSA) is 66.0 Å². The lowest BCUT2D eigenvalue weighted by Crippen LogP contribution is -2.18. The van der Waals surface area contributed by atoms with Crippen LogP contribution in [-0.4, -0.2) is 21.0 Å². The number of aromatic carboxylic acids is 1. The van der Waals surface area contributed by atoms with Crippen LogP contribution in [-0.2, 0) is 5.41 Å². The summed E-state index contributed by atoms with van der Waals surface area (Å²) in [5.74, 6) is -0.113. The van der Waals surface area contributed by atoms with Gasteiger partial charge in [0.1, 0.15) is 11.5 Å². The van der Waals surface area contributed by atoms with Crippen LogP contribution in [0.2, 0.25) is 0 Å². The summed E-state index contributed by atoms with van der Waals surface area (Å²) in [6, 6.07) is 0. The highest BCUT2D eigenvalue weighted by molar-refractivity contribution is 5.85. The zero-order valence-electron chi connectivity index (χ0n) is 8.21. The van der Waals surface area contributed by atoms with Crippen molar-refractivity contribution in [2.45, 2.75) is 38.0 Å². The second kappa shape index (κ2) is 3.12. The van der Waals surface area contributed by atoms with Gasteiger partial charge in [0.05, 0.1) is 6.20 Å². The molecular formula is C10H14N2O2. The molecule has 2 N–H and O–H groups in total. The molecule has 1 heterocycles. The number of carbonyl (C=O) groups is 1. The number of nitrogens with one attached hydrogen (secondary N) is 1. The molecule has 1 saturated carbocycles. The Morgan fingerprint density at radius 2 is 2.21 bits per heavy atom.